The van der Waals surface area contributed by atoms with Crippen LogP contribution in [0.25, 0.3) is 11.3 Å². The molecule has 10 heteroatoms. The van der Waals surface area contributed by atoms with Gasteiger partial charge in [-0.05, 0) is 24.3 Å². The van der Waals surface area contributed by atoms with Gasteiger partial charge in [-0.1, -0.05) is 12.1 Å². The summed E-state index contributed by atoms with van der Waals surface area (Å²) in [6.07, 6.45) is 0. The quantitative estimate of drug-likeness (QED) is 0.558. The first kappa shape index (κ1) is 21.1. The third-order valence-corrected chi connectivity index (χ3v) is 4.59. The maximum absolute atomic E-state index is 13.6. The monoisotopic (exact) mass is 430 g/mol. The number of amides is 3. The molecule has 0 bridgehead atoms. The topological polar surface area (TPSA) is 100 Å². The van der Waals surface area contributed by atoms with Crippen molar-refractivity contribution in [1.29, 1.82) is 0 Å². The summed E-state index contributed by atoms with van der Waals surface area (Å²) in [6, 6.07) is 9.58. The first-order valence-corrected chi connectivity index (χ1v) is 9.56. The number of aromatic nitrogens is 1. The molecule has 3 aromatic rings. The largest absolute Gasteiger partial charge is 0.343 e. The summed E-state index contributed by atoms with van der Waals surface area (Å²) in [5, 5.41) is 9.55. The van der Waals surface area contributed by atoms with Crippen molar-refractivity contribution < 1.29 is 23.2 Å². The minimum Gasteiger partial charge on any atom is -0.343 e. The fourth-order valence-electron chi connectivity index (χ4n) is 2.48. The molecule has 0 aliphatic rings. The predicted molar refractivity (Wildman–Crippen MR) is 109 cm³/mol. The number of thiazole rings is 1. The van der Waals surface area contributed by atoms with Crippen molar-refractivity contribution in [3.05, 3.63) is 65.0 Å². The standard InChI is InChI=1S/C20H16F2N4O3S/c1-11(27)24-14-5-2-12(3-6-14)17-10-30-20(25-17)26-18(28)9-23-19(29)15-7-4-13(21)8-16(15)22/h2-8,10H,9H2,1H3,(H,23,29)(H,24,27)(H,25,26,28). The first-order valence-electron chi connectivity index (χ1n) is 8.68. The highest BCUT2D eigenvalue weighted by molar-refractivity contribution is 7.14. The van der Waals surface area contributed by atoms with Crippen LogP contribution < -0.4 is 16.0 Å². The van der Waals surface area contributed by atoms with E-state index in [1.54, 1.807) is 29.6 Å². The van der Waals surface area contributed by atoms with Crippen LogP contribution in [-0.2, 0) is 9.59 Å². The molecule has 0 aliphatic heterocycles. The van der Waals surface area contributed by atoms with Gasteiger partial charge >= 0.3 is 0 Å². The zero-order chi connectivity index (χ0) is 21.7. The molecule has 1 aromatic heterocycles. The van der Waals surface area contributed by atoms with Gasteiger partial charge in [0.2, 0.25) is 11.8 Å². The summed E-state index contributed by atoms with van der Waals surface area (Å²) in [6.45, 7) is 1.01. The molecule has 3 N–H and O–H groups in total. The lowest BCUT2D eigenvalue weighted by Gasteiger charge is -2.06. The van der Waals surface area contributed by atoms with Crippen LogP contribution in [0.2, 0.25) is 0 Å². The third kappa shape index (κ3) is 5.45. The number of nitrogens with zero attached hydrogens (tertiary/aromatic N) is 1. The number of nitrogens with one attached hydrogen (secondary N) is 3. The molecule has 30 heavy (non-hydrogen) atoms. The van der Waals surface area contributed by atoms with Gasteiger partial charge in [-0.2, -0.15) is 0 Å². The summed E-state index contributed by atoms with van der Waals surface area (Å²) in [4.78, 5) is 39.3. The molecule has 0 radical (unpaired) electrons. The number of benzene rings is 2. The van der Waals surface area contributed by atoms with E-state index in [1.165, 1.54) is 18.3 Å². The summed E-state index contributed by atoms with van der Waals surface area (Å²) < 4.78 is 26.5. The molecule has 0 atom stereocenters. The maximum Gasteiger partial charge on any atom is 0.254 e. The van der Waals surface area contributed by atoms with Gasteiger partial charge in [0, 0.05) is 29.6 Å². The van der Waals surface area contributed by atoms with E-state index < -0.39 is 30.0 Å². The summed E-state index contributed by atoms with van der Waals surface area (Å²) in [5.41, 5.74) is 1.72. The van der Waals surface area contributed by atoms with Gasteiger partial charge in [0.25, 0.3) is 5.91 Å². The molecule has 3 rings (SSSR count). The van der Waals surface area contributed by atoms with Crippen LogP contribution in [0.15, 0.2) is 47.8 Å². The molecular formula is C20H16F2N4O3S. The van der Waals surface area contributed by atoms with Crippen molar-refractivity contribution in [2.75, 3.05) is 17.2 Å². The summed E-state index contributed by atoms with van der Waals surface area (Å²) in [5.74, 6) is -3.36. The minimum atomic E-state index is -1.01. The normalized spacial score (nSPS) is 10.4. The van der Waals surface area contributed by atoms with Crippen molar-refractivity contribution in [1.82, 2.24) is 10.3 Å². The highest BCUT2D eigenvalue weighted by Gasteiger charge is 2.14. The van der Waals surface area contributed by atoms with Gasteiger partial charge < -0.3 is 16.0 Å². The van der Waals surface area contributed by atoms with Gasteiger partial charge in [-0.3, -0.25) is 14.4 Å². The molecule has 0 fully saturated rings. The van der Waals surface area contributed by atoms with Gasteiger partial charge in [0.1, 0.15) is 11.6 Å². The Kier molecular flexibility index (Phi) is 6.48. The fraction of sp³-hybridized carbons (Fsp3) is 0.100. The van der Waals surface area contributed by atoms with E-state index in [9.17, 15) is 23.2 Å². The zero-order valence-corrected chi connectivity index (χ0v) is 16.5. The second kappa shape index (κ2) is 9.23. The van der Waals surface area contributed by atoms with Crippen LogP contribution in [0, 0.1) is 11.6 Å². The third-order valence-electron chi connectivity index (χ3n) is 3.84. The average Bonchev–Trinajstić information content (AvgIpc) is 3.14. The SMILES string of the molecule is CC(=O)Nc1ccc(-c2csc(NC(=O)CNC(=O)c3ccc(F)cc3F)n2)cc1. The number of anilines is 2. The Morgan fingerprint density at radius 1 is 1.03 bits per heavy atom. The fourth-order valence-corrected chi connectivity index (χ4v) is 3.22. The van der Waals surface area contributed by atoms with Crippen molar-refractivity contribution in [3.8, 4) is 11.3 Å². The zero-order valence-electron chi connectivity index (χ0n) is 15.7. The van der Waals surface area contributed by atoms with Gasteiger partial charge in [0.05, 0.1) is 17.8 Å². The van der Waals surface area contributed by atoms with E-state index in [0.717, 1.165) is 17.7 Å². The number of carbonyl (C=O) groups is 3. The van der Waals surface area contributed by atoms with Crippen LogP contribution in [0.4, 0.5) is 19.6 Å². The van der Waals surface area contributed by atoms with E-state index in [2.05, 4.69) is 20.9 Å². The smallest absolute Gasteiger partial charge is 0.254 e. The van der Waals surface area contributed by atoms with Crippen LogP contribution in [0.3, 0.4) is 0 Å². The van der Waals surface area contributed by atoms with Crippen molar-refractivity contribution >= 4 is 39.9 Å². The van der Waals surface area contributed by atoms with E-state index in [4.69, 9.17) is 0 Å². The average molecular weight is 430 g/mol. The molecule has 2 aromatic carbocycles. The number of rotatable bonds is 6. The Morgan fingerprint density at radius 2 is 1.77 bits per heavy atom. The molecule has 0 spiro atoms. The van der Waals surface area contributed by atoms with E-state index in [-0.39, 0.29) is 11.5 Å². The lowest BCUT2D eigenvalue weighted by molar-refractivity contribution is -0.115. The lowest BCUT2D eigenvalue weighted by Crippen LogP contribution is -2.33. The van der Waals surface area contributed by atoms with Gasteiger partial charge in [0.15, 0.2) is 5.13 Å². The van der Waals surface area contributed by atoms with Gasteiger partial charge in [-0.15, -0.1) is 11.3 Å². The van der Waals surface area contributed by atoms with E-state index in [0.29, 0.717) is 22.6 Å². The summed E-state index contributed by atoms with van der Waals surface area (Å²) in [7, 11) is 0. The van der Waals surface area contributed by atoms with Crippen molar-refractivity contribution in [3.63, 3.8) is 0 Å². The van der Waals surface area contributed by atoms with Crippen molar-refractivity contribution in [2.45, 2.75) is 6.92 Å². The summed E-state index contributed by atoms with van der Waals surface area (Å²) >= 11 is 1.20. The Hall–Kier alpha value is -3.66. The predicted octanol–water partition coefficient (Wildman–Crippen LogP) is 3.42. The molecule has 0 aliphatic carbocycles. The molecule has 7 nitrogen and oxygen atoms in total. The molecule has 0 unspecified atom stereocenters. The van der Waals surface area contributed by atoms with E-state index in [1.807, 2.05) is 0 Å². The van der Waals surface area contributed by atoms with E-state index >= 15 is 0 Å². The number of hydrogen-bond donors (Lipinski definition) is 3. The highest BCUT2D eigenvalue weighted by Crippen LogP contribution is 2.26. The Labute approximate surface area is 174 Å². The van der Waals surface area contributed by atoms with Gasteiger partial charge in [-0.25, -0.2) is 13.8 Å². The molecule has 1 heterocycles. The molecular weight excluding hydrogens is 414 g/mol. The molecule has 3 amide bonds. The molecule has 154 valence electrons. The Balaban J connectivity index is 1.55. The molecule has 0 saturated heterocycles. The lowest BCUT2D eigenvalue weighted by atomic mass is 10.1. The number of halogens is 2. The number of carbonyl (C=O) groups excluding carboxylic acids is 3. The second-order valence-corrected chi connectivity index (χ2v) is 7.01. The Morgan fingerprint density at radius 3 is 2.43 bits per heavy atom. The van der Waals surface area contributed by atoms with Crippen molar-refractivity contribution in [2.24, 2.45) is 0 Å². The maximum atomic E-state index is 13.6. The first-order chi connectivity index (χ1) is 14.3. The second-order valence-electron chi connectivity index (χ2n) is 6.15. The Bertz CT molecular complexity index is 1100. The van der Waals surface area contributed by atoms with Crippen LogP contribution in [0.1, 0.15) is 17.3 Å². The minimum absolute atomic E-state index is 0.171. The highest BCUT2D eigenvalue weighted by atomic mass is 32.1. The molecule has 0 saturated carbocycles. The van der Waals surface area contributed by atoms with Crippen LogP contribution in [-0.4, -0.2) is 29.3 Å². The van der Waals surface area contributed by atoms with Crippen LogP contribution in [0.5, 0.6) is 0 Å². The van der Waals surface area contributed by atoms with Crippen LogP contribution >= 0.6 is 11.3 Å². The number of hydrogen-bond acceptors (Lipinski definition) is 5.